The number of benzene rings is 2. The van der Waals surface area contributed by atoms with Gasteiger partial charge in [-0.2, -0.15) is 0 Å². The highest BCUT2D eigenvalue weighted by Crippen LogP contribution is 2.33. The molecular formula is C15H14F2N2O3S. The van der Waals surface area contributed by atoms with E-state index < -0.39 is 27.3 Å². The van der Waals surface area contributed by atoms with Crippen molar-refractivity contribution in [2.75, 3.05) is 29.8 Å². The van der Waals surface area contributed by atoms with Gasteiger partial charge in [0.1, 0.15) is 29.7 Å². The van der Waals surface area contributed by atoms with E-state index in [-0.39, 0.29) is 4.90 Å². The molecule has 2 aromatic carbocycles. The van der Waals surface area contributed by atoms with Crippen LogP contribution in [0, 0.1) is 11.6 Å². The average molecular weight is 340 g/mol. The molecule has 0 unspecified atom stereocenters. The summed E-state index contributed by atoms with van der Waals surface area (Å²) < 4.78 is 59.5. The lowest BCUT2D eigenvalue weighted by Gasteiger charge is -2.28. The number of sulfonamides is 1. The van der Waals surface area contributed by atoms with E-state index in [0.717, 1.165) is 18.2 Å². The highest BCUT2D eigenvalue weighted by molar-refractivity contribution is 7.92. The molecule has 3 rings (SSSR count). The highest BCUT2D eigenvalue weighted by atomic mass is 32.2. The van der Waals surface area contributed by atoms with Crippen LogP contribution in [-0.2, 0) is 10.0 Å². The number of nitrogens with zero attached hydrogens (tertiary/aromatic N) is 1. The minimum Gasteiger partial charge on any atom is -0.490 e. The fourth-order valence-electron chi connectivity index (χ4n) is 2.29. The normalized spacial score (nSPS) is 14.1. The van der Waals surface area contributed by atoms with Gasteiger partial charge in [-0.1, -0.05) is 6.07 Å². The van der Waals surface area contributed by atoms with Gasteiger partial charge in [0.2, 0.25) is 0 Å². The summed E-state index contributed by atoms with van der Waals surface area (Å²) in [5, 5.41) is 0. The van der Waals surface area contributed by atoms with Crippen LogP contribution in [0.1, 0.15) is 0 Å². The molecule has 2 aromatic rings. The van der Waals surface area contributed by atoms with Crippen LogP contribution in [0.4, 0.5) is 20.2 Å². The summed E-state index contributed by atoms with van der Waals surface area (Å²) in [7, 11) is -2.32. The average Bonchev–Trinajstić information content (AvgIpc) is 2.51. The van der Waals surface area contributed by atoms with E-state index in [9.17, 15) is 17.2 Å². The molecule has 0 bridgehead atoms. The Morgan fingerprint density at radius 3 is 2.57 bits per heavy atom. The van der Waals surface area contributed by atoms with E-state index in [1.165, 1.54) is 18.2 Å². The Labute approximate surface area is 132 Å². The minimum absolute atomic E-state index is 0.101. The lowest BCUT2D eigenvalue weighted by atomic mass is 10.2. The third kappa shape index (κ3) is 2.94. The number of para-hydroxylation sites is 1. The molecule has 8 heteroatoms. The number of likely N-dealkylation sites (N-methyl/N-ethyl adjacent to an activating group) is 1. The lowest BCUT2D eigenvalue weighted by Crippen LogP contribution is -2.29. The number of halogens is 2. The van der Waals surface area contributed by atoms with Gasteiger partial charge in [-0.15, -0.1) is 0 Å². The molecule has 1 aliphatic heterocycles. The topological polar surface area (TPSA) is 58.6 Å². The van der Waals surface area contributed by atoms with Crippen molar-refractivity contribution < 1.29 is 21.9 Å². The Morgan fingerprint density at radius 2 is 1.87 bits per heavy atom. The van der Waals surface area contributed by atoms with Crippen molar-refractivity contribution in [3.05, 3.63) is 48.0 Å². The van der Waals surface area contributed by atoms with Crippen molar-refractivity contribution in [1.29, 1.82) is 0 Å². The second-order valence-corrected chi connectivity index (χ2v) is 6.78. The summed E-state index contributed by atoms with van der Waals surface area (Å²) in [5.41, 5.74) is -0.0945. The number of anilines is 2. The van der Waals surface area contributed by atoms with Gasteiger partial charge in [0.05, 0.1) is 17.1 Å². The number of fused-ring (bicyclic) bond motifs is 1. The summed E-state index contributed by atoms with van der Waals surface area (Å²) >= 11 is 0. The summed E-state index contributed by atoms with van der Waals surface area (Å²) in [5.74, 6) is -1.39. The maximum atomic E-state index is 13.6. The third-order valence-electron chi connectivity index (χ3n) is 3.54. The zero-order valence-corrected chi connectivity index (χ0v) is 13.0. The van der Waals surface area contributed by atoms with Gasteiger partial charge in [0.25, 0.3) is 10.0 Å². The largest absolute Gasteiger partial charge is 0.490 e. The predicted octanol–water partition coefficient (Wildman–Crippen LogP) is 2.59. The molecule has 1 heterocycles. The zero-order valence-electron chi connectivity index (χ0n) is 12.2. The Hall–Kier alpha value is -2.35. The summed E-state index contributed by atoms with van der Waals surface area (Å²) in [6, 6.07) is 7.39. The smallest absolute Gasteiger partial charge is 0.262 e. The van der Waals surface area contributed by atoms with Gasteiger partial charge in [-0.25, -0.2) is 17.2 Å². The van der Waals surface area contributed by atoms with E-state index in [1.54, 1.807) is 0 Å². The monoisotopic (exact) mass is 340 g/mol. The Kier molecular flexibility index (Phi) is 3.85. The van der Waals surface area contributed by atoms with Gasteiger partial charge < -0.3 is 9.64 Å². The lowest BCUT2D eigenvalue weighted by molar-refractivity contribution is 0.311. The summed E-state index contributed by atoms with van der Waals surface area (Å²) in [6.45, 7) is 1.13. The standard InChI is InChI=1S/C15H14F2N2O3S/c1-19-7-8-22-14-6-5-10(9-13(14)19)23(20,21)18-15-11(16)3-2-4-12(15)17/h2-6,9,18H,7-8H2,1H3. The second kappa shape index (κ2) is 5.69. The van der Waals surface area contributed by atoms with Crippen LogP contribution in [0.15, 0.2) is 41.3 Å². The maximum Gasteiger partial charge on any atom is 0.262 e. The predicted molar refractivity (Wildman–Crippen MR) is 82.4 cm³/mol. The molecule has 122 valence electrons. The van der Waals surface area contributed by atoms with E-state index in [4.69, 9.17) is 4.74 Å². The highest BCUT2D eigenvalue weighted by Gasteiger charge is 2.23. The summed E-state index contributed by atoms with van der Waals surface area (Å²) in [6.07, 6.45) is 0. The number of nitrogens with one attached hydrogen (secondary N) is 1. The van der Waals surface area contributed by atoms with E-state index in [0.29, 0.717) is 24.6 Å². The van der Waals surface area contributed by atoms with Crippen molar-refractivity contribution >= 4 is 21.4 Å². The molecule has 1 N–H and O–H groups in total. The third-order valence-corrected chi connectivity index (χ3v) is 4.88. The van der Waals surface area contributed by atoms with Gasteiger partial charge >= 0.3 is 0 Å². The van der Waals surface area contributed by atoms with Crippen molar-refractivity contribution in [1.82, 2.24) is 0 Å². The molecule has 0 spiro atoms. The first-order valence-corrected chi connectivity index (χ1v) is 8.31. The molecule has 23 heavy (non-hydrogen) atoms. The fourth-order valence-corrected chi connectivity index (χ4v) is 3.38. The van der Waals surface area contributed by atoms with E-state index in [1.807, 2.05) is 16.7 Å². The van der Waals surface area contributed by atoms with E-state index in [2.05, 4.69) is 0 Å². The van der Waals surface area contributed by atoms with Crippen LogP contribution >= 0.6 is 0 Å². The quantitative estimate of drug-likeness (QED) is 0.933. The molecule has 0 radical (unpaired) electrons. The second-order valence-electron chi connectivity index (χ2n) is 5.10. The van der Waals surface area contributed by atoms with Gasteiger partial charge in [0.15, 0.2) is 0 Å². The first-order chi connectivity index (χ1) is 10.9. The van der Waals surface area contributed by atoms with Gasteiger partial charge in [-0.05, 0) is 30.3 Å². The SMILES string of the molecule is CN1CCOc2ccc(S(=O)(=O)Nc3c(F)cccc3F)cc21. The van der Waals surface area contributed by atoms with Crippen LogP contribution < -0.4 is 14.4 Å². The Morgan fingerprint density at radius 1 is 1.17 bits per heavy atom. The molecule has 0 aliphatic carbocycles. The van der Waals surface area contributed by atoms with Crippen LogP contribution in [0.3, 0.4) is 0 Å². The van der Waals surface area contributed by atoms with Crippen molar-refractivity contribution in [3.63, 3.8) is 0 Å². The fraction of sp³-hybridized carbons (Fsp3) is 0.200. The minimum atomic E-state index is -4.13. The van der Waals surface area contributed by atoms with Crippen molar-refractivity contribution in [2.45, 2.75) is 4.90 Å². The molecule has 0 atom stereocenters. The Bertz CT molecular complexity index is 836. The molecule has 0 amide bonds. The molecule has 1 aliphatic rings. The van der Waals surface area contributed by atoms with Gasteiger partial charge in [-0.3, -0.25) is 4.72 Å². The maximum absolute atomic E-state index is 13.6. The molecule has 5 nitrogen and oxygen atoms in total. The van der Waals surface area contributed by atoms with E-state index >= 15 is 0 Å². The van der Waals surface area contributed by atoms with Gasteiger partial charge in [0, 0.05) is 7.05 Å². The number of rotatable bonds is 3. The first kappa shape index (κ1) is 15.5. The first-order valence-electron chi connectivity index (χ1n) is 6.83. The molecule has 0 saturated carbocycles. The van der Waals surface area contributed by atoms with Crippen LogP contribution in [0.25, 0.3) is 0 Å². The van der Waals surface area contributed by atoms with Crippen molar-refractivity contribution in [2.24, 2.45) is 0 Å². The number of ether oxygens (including phenoxy) is 1. The molecule has 0 aromatic heterocycles. The van der Waals surface area contributed by atoms with Crippen molar-refractivity contribution in [3.8, 4) is 5.75 Å². The number of hydrogen-bond donors (Lipinski definition) is 1. The zero-order chi connectivity index (χ0) is 16.6. The number of hydrogen-bond acceptors (Lipinski definition) is 4. The molecule has 0 fully saturated rings. The molecule has 0 saturated heterocycles. The Balaban J connectivity index is 1.99. The van der Waals surface area contributed by atoms with Crippen LogP contribution in [0.2, 0.25) is 0 Å². The summed E-state index contributed by atoms with van der Waals surface area (Å²) in [4.78, 5) is 1.75. The van der Waals surface area contributed by atoms with Crippen LogP contribution in [0.5, 0.6) is 5.75 Å². The molecular weight excluding hydrogens is 326 g/mol. The van der Waals surface area contributed by atoms with Crippen LogP contribution in [-0.4, -0.2) is 28.6 Å².